The van der Waals surface area contributed by atoms with Gasteiger partial charge in [-0.25, -0.2) is 4.79 Å². The maximum absolute atomic E-state index is 11.1. The van der Waals surface area contributed by atoms with Gasteiger partial charge in [0.2, 0.25) is 0 Å². The molecule has 0 aliphatic rings. The molecule has 0 aromatic heterocycles. The van der Waals surface area contributed by atoms with Crippen LogP contribution in [0.25, 0.3) is 0 Å². The minimum atomic E-state index is -1.61. The Morgan fingerprint density at radius 3 is 2.19 bits per heavy atom. The van der Waals surface area contributed by atoms with Crippen LogP contribution in [-0.2, 0) is 14.4 Å². The first-order valence-corrected chi connectivity index (χ1v) is 5.17. The van der Waals surface area contributed by atoms with Gasteiger partial charge in [-0.05, 0) is 12.8 Å². The summed E-state index contributed by atoms with van der Waals surface area (Å²) < 4.78 is 0. The molecular formula is C11H16O5. The fourth-order valence-electron chi connectivity index (χ4n) is 1.22. The van der Waals surface area contributed by atoms with Crippen molar-refractivity contribution < 1.29 is 24.6 Å². The van der Waals surface area contributed by atoms with Crippen LogP contribution in [0.15, 0.2) is 11.6 Å². The molecule has 0 aromatic carbocycles. The van der Waals surface area contributed by atoms with E-state index in [1.807, 2.05) is 6.92 Å². The van der Waals surface area contributed by atoms with Gasteiger partial charge in [-0.2, -0.15) is 0 Å². The number of hydrogen-bond donors (Lipinski definition) is 2. The number of hydrogen-bond acceptors (Lipinski definition) is 3. The molecule has 0 aromatic rings. The normalized spacial score (nSPS) is 11.2. The number of carboxylic acid groups (broad SMARTS) is 2. The number of rotatable bonds is 8. The van der Waals surface area contributed by atoms with Gasteiger partial charge in [0.15, 0.2) is 0 Å². The number of aliphatic carboxylic acids is 2. The third-order valence-electron chi connectivity index (χ3n) is 2.03. The Morgan fingerprint density at radius 1 is 1.12 bits per heavy atom. The summed E-state index contributed by atoms with van der Waals surface area (Å²) in [6.07, 6.45) is 4.23. The Kier molecular flexibility index (Phi) is 6.83. The van der Waals surface area contributed by atoms with Crippen LogP contribution in [0.3, 0.4) is 0 Å². The van der Waals surface area contributed by atoms with Crippen molar-refractivity contribution in [2.24, 2.45) is 0 Å². The monoisotopic (exact) mass is 228 g/mol. The molecule has 2 N–H and O–H groups in total. The smallest absolute Gasteiger partial charge is 0.376 e. The number of unbranched alkanes of at least 4 members (excludes halogenated alkanes) is 3. The Bertz CT molecular complexity index is 303. The summed E-state index contributed by atoms with van der Waals surface area (Å²) in [4.78, 5) is 32.0. The zero-order chi connectivity index (χ0) is 12.6. The zero-order valence-corrected chi connectivity index (χ0v) is 9.23. The van der Waals surface area contributed by atoms with E-state index in [1.165, 1.54) is 6.08 Å². The summed E-state index contributed by atoms with van der Waals surface area (Å²) in [6.45, 7) is 2.02. The van der Waals surface area contributed by atoms with Crippen LogP contribution < -0.4 is 0 Å². The van der Waals surface area contributed by atoms with E-state index in [1.54, 1.807) is 0 Å². The first kappa shape index (κ1) is 14.3. The quantitative estimate of drug-likeness (QED) is 0.374. The largest absolute Gasteiger partial charge is 0.481 e. The lowest BCUT2D eigenvalue weighted by Crippen LogP contribution is -2.17. The number of allylic oxidation sites excluding steroid dienone is 1. The van der Waals surface area contributed by atoms with Crippen molar-refractivity contribution in [1.82, 2.24) is 0 Å². The highest BCUT2D eigenvalue weighted by Gasteiger charge is 2.19. The summed E-state index contributed by atoms with van der Waals surface area (Å²) in [6, 6.07) is 0. The van der Waals surface area contributed by atoms with Gasteiger partial charge in [-0.1, -0.05) is 25.8 Å². The first-order valence-electron chi connectivity index (χ1n) is 5.17. The van der Waals surface area contributed by atoms with Gasteiger partial charge in [0.05, 0.1) is 6.42 Å². The van der Waals surface area contributed by atoms with Crippen LogP contribution in [0.5, 0.6) is 0 Å². The SMILES string of the molecule is CCCCCC=C(CC(=O)O)C(=O)C(=O)O. The molecule has 0 fully saturated rings. The van der Waals surface area contributed by atoms with Crippen molar-refractivity contribution in [2.45, 2.75) is 39.0 Å². The highest BCUT2D eigenvalue weighted by atomic mass is 16.4. The van der Waals surface area contributed by atoms with Gasteiger partial charge in [0.1, 0.15) is 0 Å². The fraction of sp³-hybridized carbons (Fsp3) is 0.545. The maximum Gasteiger partial charge on any atom is 0.376 e. The number of carboxylic acids is 2. The molecule has 0 heterocycles. The third-order valence-corrected chi connectivity index (χ3v) is 2.03. The Labute approximate surface area is 93.8 Å². The van der Waals surface area contributed by atoms with Crippen LogP contribution >= 0.6 is 0 Å². The molecule has 0 bridgehead atoms. The van der Waals surface area contributed by atoms with E-state index < -0.39 is 24.1 Å². The predicted molar refractivity (Wildman–Crippen MR) is 57.1 cm³/mol. The second kappa shape index (κ2) is 7.62. The van der Waals surface area contributed by atoms with Gasteiger partial charge in [-0.3, -0.25) is 9.59 Å². The van der Waals surface area contributed by atoms with Crippen molar-refractivity contribution >= 4 is 17.7 Å². The molecule has 90 valence electrons. The average Bonchev–Trinajstić information content (AvgIpc) is 2.20. The molecule has 0 amide bonds. The lowest BCUT2D eigenvalue weighted by Gasteiger charge is -2.00. The molecule has 0 saturated heterocycles. The molecule has 0 unspecified atom stereocenters. The van der Waals surface area contributed by atoms with E-state index in [-0.39, 0.29) is 5.57 Å². The van der Waals surface area contributed by atoms with Gasteiger partial charge >= 0.3 is 11.9 Å². The molecule has 0 atom stereocenters. The van der Waals surface area contributed by atoms with Crippen molar-refractivity contribution in [1.29, 1.82) is 0 Å². The number of ketones is 1. The number of carbonyl (C=O) groups is 3. The molecule has 5 nitrogen and oxygen atoms in total. The van der Waals surface area contributed by atoms with Crippen molar-refractivity contribution in [2.75, 3.05) is 0 Å². The van der Waals surface area contributed by atoms with Gasteiger partial charge in [-0.15, -0.1) is 0 Å². The summed E-state index contributed by atoms with van der Waals surface area (Å²) >= 11 is 0. The standard InChI is InChI=1S/C11H16O5/c1-2-3-4-5-6-8(7-9(12)13)10(14)11(15)16/h6H,2-5,7H2,1H3,(H,12,13)(H,15,16). The molecular weight excluding hydrogens is 212 g/mol. The van der Waals surface area contributed by atoms with Crippen LogP contribution in [0, 0.1) is 0 Å². The Hall–Kier alpha value is -1.65. The second-order valence-electron chi connectivity index (χ2n) is 3.43. The van der Waals surface area contributed by atoms with E-state index in [4.69, 9.17) is 10.2 Å². The third kappa shape index (κ3) is 5.95. The van der Waals surface area contributed by atoms with Gasteiger partial charge in [0.25, 0.3) is 5.78 Å². The second-order valence-corrected chi connectivity index (χ2v) is 3.43. The average molecular weight is 228 g/mol. The molecule has 0 radical (unpaired) electrons. The van der Waals surface area contributed by atoms with Crippen LogP contribution in [-0.4, -0.2) is 27.9 Å². The van der Waals surface area contributed by atoms with Crippen molar-refractivity contribution in [3.05, 3.63) is 11.6 Å². The zero-order valence-electron chi connectivity index (χ0n) is 9.23. The van der Waals surface area contributed by atoms with Gasteiger partial charge in [0, 0.05) is 5.57 Å². The molecule has 0 aliphatic carbocycles. The fourth-order valence-corrected chi connectivity index (χ4v) is 1.22. The maximum atomic E-state index is 11.1. The lowest BCUT2D eigenvalue weighted by atomic mass is 10.0. The predicted octanol–water partition coefficient (Wildman–Crippen LogP) is 1.62. The van der Waals surface area contributed by atoms with E-state index in [0.717, 1.165) is 19.3 Å². The summed E-state index contributed by atoms with van der Waals surface area (Å²) in [5, 5.41) is 17.0. The van der Waals surface area contributed by atoms with E-state index in [9.17, 15) is 14.4 Å². The summed E-state index contributed by atoms with van der Waals surface area (Å²) in [5.74, 6) is -3.93. The van der Waals surface area contributed by atoms with Crippen LogP contribution in [0.1, 0.15) is 39.0 Å². The minimum Gasteiger partial charge on any atom is -0.481 e. The van der Waals surface area contributed by atoms with E-state index in [0.29, 0.717) is 6.42 Å². The van der Waals surface area contributed by atoms with E-state index in [2.05, 4.69) is 0 Å². The molecule has 5 heteroatoms. The van der Waals surface area contributed by atoms with E-state index >= 15 is 0 Å². The molecule has 0 saturated carbocycles. The summed E-state index contributed by atoms with van der Waals surface area (Å²) in [7, 11) is 0. The first-order chi connectivity index (χ1) is 7.49. The highest BCUT2D eigenvalue weighted by Crippen LogP contribution is 2.08. The van der Waals surface area contributed by atoms with Gasteiger partial charge < -0.3 is 10.2 Å². The van der Waals surface area contributed by atoms with Crippen LogP contribution in [0.2, 0.25) is 0 Å². The topological polar surface area (TPSA) is 91.7 Å². The molecule has 0 aliphatic heterocycles. The number of carbonyl (C=O) groups excluding carboxylic acids is 1. The van der Waals surface area contributed by atoms with Crippen LogP contribution in [0.4, 0.5) is 0 Å². The number of Topliss-reactive ketones (excluding diaryl/α,β-unsaturated/α-hetero) is 1. The van der Waals surface area contributed by atoms with Crippen molar-refractivity contribution in [3.63, 3.8) is 0 Å². The molecule has 0 spiro atoms. The Morgan fingerprint density at radius 2 is 1.75 bits per heavy atom. The minimum absolute atomic E-state index is 0.142. The Balaban J connectivity index is 4.47. The molecule has 16 heavy (non-hydrogen) atoms. The highest BCUT2D eigenvalue weighted by molar-refractivity contribution is 6.40. The lowest BCUT2D eigenvalue weighted by molar-refractivity contribution is -0.147. The summed E-state index contributed by atoms with van der Waals surface area (Å²) in [5.41, 5.74) is -0.142. The van der Waals surface area contributed by atoms with Crippen molar-refractivity contribution in [3.8, 4) is 0 Å². The molecule has 0 rings (SSSR count).